The van der Waals surface area contributed by atoms with Crippen molar-refractivity contribution in [3.05, 3.63) is 28.1 Å². The Morgan fingerprint density at radius 3 is 2.87 bits per heavy atom. The van der Waals surface area contributed by atoms with Gasteiger partial charge in [-0.15, -0.1) is 0 Å². The van der Waals surface area contributed by atoms with Crippen molar-refractivity contribution in [2.45, 2.75) is 0 Å². The molecule has 0 aliphatic carbocycles. The fraction of sp³-hybridized carbons (Fsp3) is 0.125. The molecule has 5 nitrogen and oxygen atoms in total. The van der Waals surface area contributed by atoms with Crippen molar-refractivity contribution < 1.29 is 9.53 Å². The Labute approximate surface area is 94.6 Å². The smallest absolute Gasteiger partial charge is 0.342 e. The Hall–Kier alpha value is -1.33. The van der Waals surface area contributed by atoms with Crippen molar-refractivity contribution in [1.82, 2.24) is 14.6 Å². The van der Waals surface area contributed by atoms with Gasteiger partial charge in [-0.25, -0.2) is 14.3 Å². The van der Waals surface area contributed by atoms with Crippen molar-refractivity contribution in [2.75, 3.05) is 7.11 Å². The molecule has 78 valence electrons. The number of halogens is 2. The van der Waals surface area contributed by atoms with Crippen LogP contribution in [0.2, 0.25) is 10.2 Å². The summed E-state index contributed by atoms with van der Waals surface area (Å²) in [5.41, 5.74) is 0.542. The van der Waals surface area contributed by atoms with Crippen LogP contribution in [0.15, 0.2) is 12.4 Å². The van der Waals surface area contributed by atoms with Gasteiger partial charge in [-0.2, -0.15) is 5.10 Å². The monoisotopic (exact) mass is 245 g/mol. The van der Waals surface area contributed by atoms with Crippen LogP contribution in [-0.4, -0.2) is 27.7 Å². The van der Waals surface area contributed by atoms with Gasteiger partial charge in [0, 0.05) is 6.20 Å². The van der Waals surface area contributed by atoms with Crippen LogP contribution in [0.1, 0.15) is 10.4 Å². The lowest BCUT2D eigenvalue weighted by Crippen LogP contribution is -2.06. The largest absolute Gasteiger partial charge is 0.465 e. The summed E-state index contributed by atoms with van der Waals surface area (Å²) in [6, 6.07) is 0. The lowest BCUT2D eigenvalue weighted by Gasteiger charge is -2.02. The first-order valence-electron chi connectivity index (χ1n) is 3.91. The van der Waals surface area contributed by atoms with Crippen LogP contribution in [0.25, 0.3) is 5.65 Å². The number of hydrogen-bond donors (Lipinski definition) is 0. The number of carbonyl (C=O) groups excluding carboxylic acids is 1. The van der Waals surface area contributed by atoms with Crippen molar-refractivity contribution in [3.63, 3.8) is 0 Å². The van der Waals surface area contributed by atoms with Gasteiger partial charge in [-0.3, -0.25) is 0 Å². The number of esters is 1. The molecule has 7 heteroatoms. The molecule has 0 atom stereocenters. The molecule has 0 fully saturated rings. The van der Waals surface area contributed by atoms with Crippen LogP contribution in [0, 0.1) is 0 Å². The molecule has 0 bridgehead atoms. The topological polar surface area (TPSA) is 56.5 Å². The van der Waals surface area contributed by atoms with Gasteiger partial charge in [0.1, 0.15) is 15.7 Å². The lowest BCUT2D eigenvalue weighted by atomic mass is 10.3. The van der Waals surface area contributed by atoms with E-state index in [4.69, 9.17) is 23.2 Å². The third-order valence-corrected chi connectivity index (χ3v) is 2.46. The number of hydrogen-bond acceptors (Lipinski definition) is 4. The van der Waals surface area contributed by atoms with Crippen molar-refractivity contribution in [2.24, 2.45) is 0 Å². The van der Waals surface area contributed by atoms with Crippen molar-refractivity contribution in [3.8, 4) is 0 Å². The summed E-state index contributed by atoms with van der Waals surface area (Å²) in [6.45, 7) is 0. The first-order chi connectivity index (χ1) is 7.15. The Morgan fingerprint density at radius 1 is 1.47 bits per heavy atom. The Kier molecular flexibility index (Phi) is 2.50. The Morgan fingerprint density at radius 2 is 2.20 bits per heavy atom. The molecule has 2 aromatic heterocycles. The highest BCUT2D eigenvalue weighted by Gasteiger charge is 2.16. The van der Waals surface area contributed by atoms with E-state index in [1.807, 2.05) is 0 Å². The molecule has 0 aliphatic heterocycles. The quantitative estimate of drug-likeness (QED) is 0.568. The molecule has 15 heavy (non-hydrogen) atoms. The summed E-state index contributed by atoms with van der Waals surface area (Å²) < 4.78 is 5.81. The number of fused-ring (bicyclic) bond motifs is 1. The van der Waals surface area contributed by atoms with Gasteiger partial charge in [0.05, 0.1) is 13.3 Å². The molecular formula is C8H5Cl2N3O2. The van der Waals surface area contributed by atoms with Crippen molar-refractivity contribution in [1.29, 1.82) is 0 Å². The van der Waals surface area contributed by atoms with Crippen LogP contribution >= 0.6 is 23.2 Å². The predicted octanol–water partition coefficient (Wildman–Crippen LogP) is 1.82. The molecule has 0 radical (unpaired) electrons. The molecule has 0 spiro atoms. The van der Waals surface area contributed by atoms with Crippen molar-refractivity contribution >= 4 is 34.8 Å². The SMILES string of the molecule is COC(=O)c1cnc2c(Cl)cnn2c1Cl. The normalized spacial score (nSPS) is 10.6. The molecule has 0 saturated carbocycles. The predicted molar refractivity (Wildman–Crippen MR) is 54.3 cm³/mol. The van der Waals surface area contributed by atoms with E-state index in [1.54, 1.807) is 0 Å². The average Bonchev–Trinajstić information content (AvgIpc) is 2.61. The molecule has 2 heterocycles. The molecule has 0 unspecified atom stereocenters. The first-order valence-corrected chi connectivity index (χ1v) is 4.66. The molecular weight excluding hydrogens is 241 g/mol. The van der Waals surface area contributed by atoms with E-state index in [0.717, 1.165) is 0 Å². The van der Waals surface area contributed by atoms with Crippen LogP contribution in [-0.2, 0) is 4.74 Å². The summed E-state index contributed by atoms with van der Waals surface area (Å²) in [7, 11) is 1.26. The highest BCUT2D eigenvalue weighted by molar-refractivity contribution is 6.35. The van der Waals surface area contributed by atoms with E-state index in [-0.39, 0.29) is 10.7 Å². The third kappa shape index (κ3) is 1.53. The van der Waals surface area contributed by atoms with Gasteiger partial charge < -0.3 is 4.74 Å². The molecule has 0 aromatic carbocycles. The maximum absolute atomic E-state index is 11.3. The maximum atomic E-state index is 11.3. The van der Waals surface area contributed by atoms with E-state index in [9.17, 15) is 4.79 Å². The van der Waals surface area contributed by atoms with E-state index in [1.165, 1.54) is 24.0 Å². The highest BCUT2D eigenvalue weighted by Crippen LogP contribution is 2.21. The maximum Gasteiger partial charge on any atom is 0.342 e. The number of aromatic nitrogens is 3. The second-order valence-electron chi connectivity index (χ2n) is 2.68. The lowest BCUT2D eigenvalue weighted by molar-refractivity contribution is 0.0600. The summed E-state index contributed by atoms with van der Waals surface area (Å²) >= 11 is 11.7. The zero-order chi connectivity index (χ0) is 11.0. The van der Waals surface area contributed by atoms with Crippen LogP contribution in [0.3, 0.4) is 0 Å². The number of rotatable bonds is 1. The number of nitrogens with zero attached hydrogens (tertiary/aromatic N) is 3. The van der Waals surface area contributed by atoms with E-state index in [0.29, 0.717) is 10.7 Å². The van der Waals surface area contributed by atoms with E-state index >= 15 is 0 Å². The van der Waals surface area contributed by atoms with E-state index in [2.05, 4.69) is 14.8 Å². The third-order valence-electron chi connectivity index (χ3n) is 1.83. The molecule has 0 amide bonds. The molecule has 0 aliphatic rings. The summed E-state index contributed by atoms with van der Waals surface area (Å²) in [4.78, 5) is 15.2. The Bertz CT molecular complexity index is 538. The first kappa shape index (κ1) is 10.2. The van der Waals surface area contributed by atoms with Gasteiger partial charge in [-0.05, 0) is 0 Å². The van der Waals surface area contributed by atoms with Gasteiger partial charge in [0.2, 0.25) is 0 Å². The minimum Gasteiger partial charge on any atom is -0.465 e. The fourth-order valence-electron chi connectivity index (χ4n) is 1.12. The van der Waals surface area contributed by atoms with Crippen LogP contribution in [0.5, 0.6) is 0 Å². The zero-order valence-corrected chi connectivity index (χ0v) is 9.08. The van der Waals surface area contributed by atoms with Gasteiger partial charge in [0.15, 0.2) is 5.65 Å². The van der Waals surface area contributed by atoms with Gasteiger partial charge in [-0.1, -0.05) is 23.2 Å². The fourth-order valence-corrected chi connectivity index (χ4v) is 1.54. The van der Waals surface area contributed by atoms with Gasteiger partial charge >= 0.3 is 5.97 Å². The second kappa shape index (κ2) is 3.67. The average molecular weight is 246 g/mol. The minimum atomic E-state index is -0.568. The zero-order valence-electron chi connectivity index (χ0n) is 7.57. The standard InChI is InChI=1S/C8H5Cl2N3O2/c1-15-8(14)4-2-11-7-5(9)3-12-13(7)6(4)10/h2-3H,1H3. The number of methoxy groups -OCH3 is 1. The second-order valence-corrected chi connectivity index (χ2v) is 3.45. The van der Waals surface area contributed by atoms with Crippen LogP contribution < -0.4 is 0 Å². The van der Waals surface area contributed by atoms with Crippen LogP contribution in [0.4, 0.5) is 0 Å². The highest BCUT2D eigenvalue weighted by atomic mass is 35.5. The molecule has 2 rings (SSSR count). The number of ether oxygens (including phenoxy) is 1. The molecule has 0 saturated heterocycles. The minimum absolute atomic E-state index is 0.124. The Balaban J connectivity index is 2.71. The molecule has 2 aromatic rings. The van der Waals surface area contributed by atoms with Gasteiger partial charge in [0.25, 0.3) is 0 Å². The summed E-state index contributed by atoms with van der Waals surface area (Å²) in [5.74, 6) is -0.568. The van der Waals surface area contributed by atoms with E-state index < -0.39 is 5.97 Å². The summed E-state index contributed by atoms with van der Waals surface area (Å²) in [5, 5.41) is 4.37. The molecule has 0 N–H and O–H groups in total. The summed E-state index contributed by atoms with van der Waals surface area (Å²) in [6.07, 6.45) is 2.70. The number of carbonyl (C=O) groups is 1.